The Labute approximate surface area is 84.9 Å². The molecule has 0 aliphatic carbocycles. The Morgan fingerprint density at radius 3 is 2.92 bits per heavy atom. The topological polar surface area (TPSA) is 49.3 Å². The molecule has 0 atom stereocenters. The first-order valence-corrected chi connectivity index (χ1v) is 4.61. The largest absolute Gasteiger partial charge is 0.507 e. The Morgan fingerprint density at radius 1 is 1.62 bits per heavy atom. The van der Waals surface area contributed by atoms with Crippen molar-refractivity contribution >= 4 is 21.7 Å². The summed E-state index contributed by atoms with van der Waals surface area (Å²) in [5, 5.41) is 12.1. The molecule has 0 fully saturated rings. The van der Waals surface area contributed by atoms with Crippen molar-refractivity contribution in [3.05, 3.63) is 28.2 Å². The lowest BCUT2D eigenvalue weighted by Gasteiger charge is -2.04. The number of hydrogen-bond donors (Lipinski definition) is 2. The zero-order valence-corrected chi connectivity index (χ0v) is 8.76. The lowest BCUT2D eigenvalue weighted by Crippen LogP contribution is -2.18. The molecule has 0 radical (unpaired) electrons. The summed E-state index contributed by atoms with van der Waals surface area (Å²) in [4.78, 5) is 11.4. The predicted octanol–water partition coefficient (Wildman–Crippen LogP) is 1.56. The molecule has 13 heavy (non-hydrogen) atoms. The molecule has 0 heterocycles. The second-order valence-electron chi connectivity index (χ2n) is 2.59. The summed E-state index contributed by atoms with van der Waals surface area (Å²) in [6, 6.07) is 4.84. The second-order valence-corrected chi connectivity index (χ2v) is 3.39. The normalized spacial score (nSPS) is 10.0. The number of phenolic OH excluding ortho intramolecular Hbond substituents is 1. The van der Waals surface area contributed by atoms with Gasteiger partial charge in [-0.1, -0.05) is 6.07 Å². The Bertz CT molecular complexity index is 325. The van der Waals surface area contributed by atoms with Crippen LogP contribution in [0.4, 0.5) is 0 Å². The summed E-state index contributed by atoms with van der Waals surface area (Å²) < 4.78 is 0.454. The summed E-state index contributed by atoms with van der Waals surface area (Å²) in [7, 11) is 1.70. The third-order valence-electron chi connectivity index (χ3n) is 1.62. The van der Waals surface area contributed by atoms with Gasteiger partial charge in [-0.05, 0) is 35.1 Å². The van der Waals surface area contributed by atoms with Gasteiger partial charge < -0.3 is 10.4 Å². The van der Waals surface area contributed by atoms with Gasteiger partial charge in [-0.2, -0.15) is 0 Å². The Hall–Kier alpha value is -0.870. The van der Waals surface area contributed by atoms with Crippen molar-refractivity contribution in [1.82, 2.24) is 5.32 Å². The SMILES string of the molecule is CNCC(=O)c1cccc(O)c1Br. The molecule has 2 N–H and O–H groups in total. The van der Waals surface area contributed by atoms with Crippen molar-refractivity contribution in [1.29, 1.82) is 0 Å². The average molecular weight is 244 g/mol. The van der Waals surface area contributed by atoms with Crippen molar-refractivity contribution in [2.24, 2.45) is 0 Å². The number of benzene rings is 1. The van der Waals surface area contributed by atoms with Crippen molar-refractivity contribution in [2.75, 3.05) is 13.6 Å². The molecule has 0 aromatic heterocycles. The molecule has 1 aromatic rings. The number of aromatic hydroxyl groups is 1. The Morgan fingerprint density at radius 2 is 2.31 bits per heavy atom. The number of hydrogen-bond acceptors (Lipinski definition) is 3. The summed E-state index contributed by atoms with van der Waals surface area (Å²) in [6.07, 6.45) is 0. The van der Waals surface area contributed by atoms with E-state index in [-0.39, 0.29) is 18.1 Å². The van der Waals surface area contributed by atoms with E-state index in [0.717, 1.165) is 0 Å². The summed E-state index contributed by atoms with van der Waals surface area (Å²) in [5.41, 5.74) is 0.495. The van der Waals surface area contributed by atoms with Gasteiger partial charge in [0.15, 0.2) is 5.78 Å². The average Bonchev–Trinajstić information content (AvgIpc) is 2.10. The third-order valence-corrected chi connectivity index (χ3v) is 2.45. The summed E-state index contributed by atoms with van der Waals surface area (Å²) >= 11 is 3.15. The van der Waals surface area contributed by atoms with Gasteiger partial charge in [-0.15, -0.1) is 0 Å². The van der Waals surface area contributed by atoms with Crippen LogP contribution in [0.15, 0.2) is 22.7 Å². The van der Waals surface area contributed by atoms with Crippen LogP contribution in [-0.2, 0) is 0 Å². The molecule has 1 aromatic carbocycles. The molecule has 3 nitrogen and oxygen atoms in total. The Kier molecular flexibility index (Phi) is 3.45. The zero-order valence-electron chi connectivity index (χ0n) is 7.17. The lowest BCUT2D eigenvalue weighted by molar-refractivity contribution is 0.0992. The first kappa shape index (κ1) is 10.2. The van der Waals surface area contributed by atoms with Crippen LogP contribution in [0.3, 0.4) is 0 Å². The van der Waals surface area contributed by atoms with Gasteiger partial charge in [-0.3, -0.25) is 4.79 Å². The Balaban J connectivity index is 3.01. The van der Waals surface area contributed by atoms with E-state index in [0.29, 0.717) is 10.0 Å². The maximum atomic E-state index is 11.4. The number of ketones is 1. The van der Waals surface area contributed by atoms with E-state index in [1.165, 1.54) is 6.07 Å². The van der Waals surface area contributed by atoms with E-state index < -0.39 is 0 Å². The molecule has 0 spiro atoms. The van der Waals surface area contributed by atoms with Crippen molar-refractivity contribution in [2.45, 2.75) is 0 Å². The molecule has 0 saturated carbocycles. The van der Waals surface area contributed by atoms with Gasteiger partial charge in [0.1, 0.15) is 5.75 Å². The molecular formula is C9H10BrNO2. The highest BCUT2D eigenvalue weighted by Gasteiger charge is 2.10. The molecule has 0 saturated heterocycles. The van der Waals surface area contributed by atoms with Crippen LogP contribution in [0.25, 0.3) is 0 Å². The molecule has 0 amide bonds. The van der Waals surface area contributed by atoms with E-state index in [1.54, 1.807) is 19.2 Å². The van der Waals surface area contributed by atoms with Crippen molar-refractivity contribution < 1.29 is 9.90 Å². The fourth-order valence-corrected chi connectivity index (χ4v) is 1.48. The number of rotatable bonds is 3. The lowest BCUT2D eigenvalue weighted by atomic mass is 10.1. The van der Waals surface area contributed by atoms with Gasteiger partial charge >= 0.3 is 0 Å². The molecular weight excluding hydrogens is 234 g/mol. The number of phenols is 1. The van der Waals surface area contributed by atoms with E-state index in [4.69, 9.17) is 0 Å². The predicted molar refractivity (Wildman–Crippen MR) is 54.1 cm³/mol. The van der Waals surface area contributed by atoms with Gasteiger partial charge in [-0.25, -0.2) is 0 Å². The minimum Gasteiger partial charge on any atom is -0.507 e. The quantitative estimate of drug-likeness (QED) is 0.793. The number of carbonyl (C=O) groups is 1. The van der Waals surface area contributed by atoms with Crippen LogP contribution >= 0.6 is 15.9 Å². The van der Waals surface area contributed by atoms with Gasteiger partial charge in [0.25, 0.3) is 0 Å². The molecule has 0 aliphatic rings. The van der Waals surface area contributed by atoms with E-state index in [9.17, 15) is 9.90 Å². The highest BCUT2D eigenvalue weighted by atomic mass is 79.9. The van der Waals surface area contributed by atoms with Crippen molar-refractivity contribution in [3.8, 4) is 5.75 Å². The monoisotopic (exact) mass is 243 g/mol. The molecule has 70 valence electrons. The first-order chi connectivity index (χ1) is 6.16. The van der Waals surface area contributed by atoms with Crippen LogP contribution in [0.1, 0.15) is 10.4 Å². The molecule has 0 aliphatic heterocycles. The molecule has 4 heteroatoms. The minimum atomic E-state index is -0.0507. The maximum Gasteiger partial charge on any atom is 0.177 e. The van der Waals surface area contributed by atoms with E-state index >= 15 is 0 Å². The number of halogens is 1. The van der Waals surface area contributed by atoms with Crippen molar-refractivity contribution in [3.63, 3.8) is 0 Å². The molecule has 0 bridgehead atoms. The standard InChI is InChI=1S/C9H10BrNO2/c1-11-5-8(13)6-3-2-4-7(12)9(6)10/h2-4,11-12H,5H2,1H3. The number of Topliss-reactive ketones (excluding diaryl/α,β-unsaturated/α-hetero) is 1. The van der Waals surface area contributed by atoms with E-state index in [1.807, 2.05) is 0 Å². The second kappa shape index (κ2) is 4.39. The van der Waals surface area contributed by atoms with Gasteiger partial charge in [0.2, 0.25) is 0 Å². The van der Waals surface area contributed by atoms with Gasteiger partial charge in [0, 0.05) is 5.56 Å². The minimum absolute atomic E-state index is 0.0507. The third kappa shape index (κ3) is 2.29. The molecule has 1 rings (SSSR count). The number of nitrogens with one attached hydrogen (secondary N) is 1. The highest BCUT2D eigenvalue weighted by molar-refractivity contribution is 9.10. The van der Waals surface area contributed by atoms with Crippen LogP contribution in [-0.4, -0.2) is 24.5 Å². The fraction of sp³-hybridized carbons (Fsp3) is 0.222. The van der Waals surface area contributed by atoms with Crippen LogP contribution in [0.5, 0.6) is 5.75 Å². The fourth-order valence-electron chi connectivity index (χ4n) is 0.991. The summed E-state index contributed by atoms with van der Waals surface area (Å²) in [6.45, 7) is 0.266. The van der Waals surface area contributed by atoms with Crippen LogP contribution < -0.4 is 5.32 Å². The highest BCUT2D eigenvalue weighted by Crippen LogP contribution is 2.27. The smallest absolute Gasteiger partial charge is 0.177 e. The number of carbonyl (C=O) groups excluding carboxylic acids is 1. The maximum absolute atomic E-state index is 11.4. The number of likely N-dealkylation sites (N-methyl/N-ethyl adjacent to an activating group) is 1. The van der Waals surface area contributed by atoms with Crippen LogP contribution in [0.2, 0.25) is 0 Å². The summed E-state index contributed by atoms with van der Waals surface area (Å²) in [5.74, 6) is 0.0345. The van der Waals surface area contributed by atoms with Gasteiger partial charge in [0.05, 0.1) is 11.0 Å². The van der Waals surface area contributed by atoms with E-state index in [2.05, 4.69) is 21.2 Å². The van der Waals surface area contributed by atoms with Crippen LogP contribution in [0, 0.1) is 0 Å². The molecule has 0 unspecified atom stereocenters. The first-order valence-electron chi connectivity index (χ1n) is 3.82. The zero-order chi connectivity index (χ0) is 9.84.